The van der Waals surface area contributed by atoms with Gasteiger partial charge in [0.05, 0.1) is 18.0 Å². The van der Waals surface area contributed by atoms with E-state index in [9.17, 15) is 0 Å². The van der Waals surface area contributed by atoms with Crippen molar-refractivity contribution in [3.63, 3.8) is 0 Å². The van der Waals surface area contributed by atoms with E-state index in [1.165, 1.54) is 0 Å². The summed E-state index contributed by atoms with van der Waals surface area (Å²) < 4.78 is 5.28. The molecule has 2 N–H and O–H groups in total. The van der Waals surface area contributed by atoms with Crippen molar-refractivity contribution in [2.45, 2.75) is 13.8 Å². The summed E-state index contributed by atoms with van der Waals surface area (Å²) in [6.07, 6.45) is 1.67. The summed E-state index contributed by atoms with van der Waals surface area (Å²) in [7, 11) is 0. The average Bonchev–Trinajstić information content (AvgIpc) is 1.97. The van der Waals surface area contributed by atoms with Crippen LogP contribution >= 0.6 is 12.4 Å². The highest BCUT2D eigenvalue weighted by Crippen LogP contribution is 2.22. The Kier molecular flexibility index (Phi) is 4.44. The standard InChI is InChI=1S/C8H12N2O.ClH/c1-3-11-8-6(2)10-5-4-7(8)9;/h4-5H,3H2,1-2H3,(H2,9,10);1H. The Hall–Kier alpha value is -0.960. The van der Waals surface area contributed by atoms with Gasteiger partial charge in [-0.05, 0) is 19.9 Å². The summed E-state index contributed by atoms with van der Waals surface area (Å²) >= 11 is 0. The second-order valence-corrected chi connectivity index (χ2v) is 2.25. The largest absolute Gasteiger partial charge is 0.490 e. The molecule has 1 rings (SSSR count). The Morgan fingerprint density at radius 1 is 1.58 bits per heavy atom. The zero-order valence-corrected chi connectivity index (χ0v) is 8.02. The van der Waals surface area contributed by atoms with E-state index in [-0.39, 0.29) is 12.4 Å². The van der Waals surface area contributed by atoms with E-state index in [0.29, 0.717) is 18.0 Å². The molecule has 0 aromatic carbocycles. The number of halogens is 1. The van der Waals surface area contributed by atoms with Crippen LogP contribution in [0.1, 0.15) is 12.6 Å². The molecule has 1 heterocycles. The zero-order chi connectivity index (χ0) is 8.27. The normalized spacial score (nSPS) is 8.83. The smallest absolute Gasteiger partial charge is 0.163 e. The molecule has 4 heteroatoms. The molecule has 3 nitrogen and oxygen atoms in total. The number of hydrogen-bond acceptors (Lipinski definition) is 3. The lowest BCUT2D eigenvalue weighted by Gasteiger charge is -2.07. The summed E-state index contributed by atoms with van der Waals surface area (Å²) in [5.41, 5.74) is 7.13. The summed E-state index contributed by atoms with van der Waals surface area (Å²) in [5.74, 6) is 0.704. The summed E-state index contributed by atoms with van der Waals surface area (Å²) in [4.78, 5) is 4.05. The highest BCUT2D eigenvalue weighted by molar-refractivity contribution is 5.85. The molecule has 0 spiro atoms. The maximum absolute atomic E-state index is 5.64. The van der Waals surface area contributed by atoms with Gasteiger partial charge in [0.15, 0.2) is 5.75 Å². The SMILES string of the molecule is CCOc1c(N)ccnc1C.Cl. The van der Waals surface area contributed by atoms with Crippen LogP contribution in [0.3, 0.4) is 0 Å². The van der Waals surface area contributed by atoms with Crippen LogP contribution in [-0.2, 0) is 0 Å². The van der Waals surface area contributed by atoms with Gasteiger partial charge in [-0.3, -0.25) is 4.98 Å². The Morgan fingerprint density at radius 2 is 2.25 bits per heavy atom. The number of aryl methyl sites for hydroxylation is 1. The maximum Gasteiger partial charge on any atom is 0.163 e. The second kappa shape index (κ2) is 4.83. The number of nitrogen functional groups attached to an aromatic ring is 1. The first-order valence-corrected chi connectivity index (χ1v) is 3.59. The number of ether oxygens (including phenoxy) is 1. The number of nitrogens with two attached hydrogens (primary N) is 1. The van der Waals surface area contributed by atoms with Crippen molar-refractivity contribution in [2.75, 3.05) is 12.3 Å². The molecule has 0 saturated carbocycles. The quantitative estimate of drug-likeness (QED) is 0.770. The Labute approximate surface area is 78.4 Å². The first kappa shape index (κ1) is 11.0. The van der Waals surface area contributed by atoms with E-state index in [4.69, 9.17) is 10.5 Å². The van der Waals surface area contributed by atoms with Gasteiger partial charge in [-0.15, -0.1) is 12.4 Å². The third-order valence-corrected chi connectivity index (χ3v) is 1.40. The van der Waals surface area contributed by atoms with Gasteiger partial charge < -0.3 is 10.5 Å². The van der Waals surface area contributed by atoms with Crippen LogP contribution in [0.2, 0.25) is 0 Å². The van der Waals surface area contributed by atoms with Crippen molar-refractivity contribution in [3.05, 3.63) is 18.0 Å². The molecule has 0 amide bonds. The lowest BCUT2D eigenvalue weighted by atomic mass is 10.3. The van der Waals surface area contributed by atoms with E-state index >= 15 is 0 Å². The predicted molar refractivity (Wildman–Crippen MR) is 51.8 cm³/mol. The van der Waals surface area contributed by atoms with Crippen LogP contribution in [0.4, 0.5) is 5.69 Å². The molecular formula is C8H13ClN2O. The maximum atomic E-state index is 5.64. The third kappa shape index (κ3) is 2.27. The number of aromatic nitrogens is 1. The van der Waals surface area contributed by atoms with Gasteiger partial charge in [-0.25, -0.2) is 0 Å². The van der Waals surface area contributed by atoms with E-state index < -0.39 is 0 Å². The van der Waals surface area contributed by atoms with Gasteiger partial charge >= 0.3 is 0 Å². The Balaban J connectivity index is 0.00000121. The molecule has 68 valence electrons. The minimum absolute atomic E-state index is 0. The first-order chi connectivity index (χ1) is 5.25. The Morgan fingerprint density at radius 3 is 2.75 bits per heavy atom. The highest BCUT2D eigenvalue weighted by atomic mass is 35.5. The molecule has 0 aliphatic rings. The summed E-state index contributed by atoms with van der Waals surface area (Å²) in [6.45, 7) is 4.42. The monoisotopic (exact) mass is 188 g/mol. The van der Waals surface area contributed by atoms with E-state index in [2.05, 4.69) is 4.98 Å². The van der Waals surface area contributed by atoms with Gasteiger partial charge in [-0.2, -0.15) is 0 Å². The fraction of sp³-hybridized carbons (Fsp3) is 0.375. The summed E-state index contributed by atoms with van der Waals surface area (Å²) in [6, 6.07) is 1.73. The van der Waals surface area contributed by atoms with Gasteiger partial charge in [0.2, 0.25) is 0 Å². The third-order valence-electron chi connectivity index (χ3n) is 1.40. The number of hydrogen-bond donors (Lipinski definition) is 1. The van der Waals surface area contributed by atoms with Crippen LogP contribution in [-0.4, -0.2) is 11.6 Å². The van der Waals surface area contributed by atoms with Gasteiger partial charge in [0.1, 0.15) is 0 Å². The van der Waals surface area contributed by atoms with Crippen LogP contribution in [0.5, 0.6) is 5.75 Å². The van der Waals surface area contributed by atoms with Gasteiger partial charge in [0.25, 0.3) is 0 Å². The molecule has 0 bridgehead atoms. The lowest BCUT2D eigenvalue weighted by molar-refractivity contribution is 0.338. The number of nitrogens with zero attached hydrogens (tertiary/aromatic N) is 1. The van der Waals surface area contributed by atoms with E-state index in [1.54, 1.807) is 12.3 Å². The van der Waals surface area contributed by atoms with Crippen molar-refractivity contribution in [1.82, 2.24) is 4.98 Å². The molecule has 0 atom stereocenters. The number of anilines is 1. The van der Waals surface area contributed by atoms with Crippen LogP contribution < -0.4 is 10.5 Å². The molecule has 0 saturated heterocycles. The molecule has 0 unspecified atom stereocenters. The van der Waals surface area contributed by atoms with Crippen LogP contribution in [0.15, 0.2) is 12.3 Å². The number of pyridine rings is 1. The molecule has 1 aromatic rings. The van der Waals surface area contributed by atoms with Crippen molar-refractivity contribution in [1.29, 1.82) is 0 Å². The molecule has 1 aromatic heterocycles. The van der Waals surface area contributed by atoms with Crippen LogP contribution in [0.25, 0.3) is 0 Å². The van der Waals surface area contributed by atoms with Crippen molar-refractivity contribution in [2.24, 2.45) is 0 Å². The molecule has 0 aliphatic heterocycles. The summed E-state index contributed by atoms with van der Waals surface area (Å²) in [5, 5.41) is 0. The van der Waals surface area contributed by atoms with Gasteiger partial charge in [0, 0.05) is 6.20 Å². The Bertz CT molecular complexity index is 233. The van der Waals surface area contributed by atoms with Crippen molar-refractivity contribution < 1.29 is 4.74 Å². The minimum Gasteiger partial charge on any atom is -0.490 e. The molecular weight excluding hydrogens is 176 g/mol. The second-order valence-electron chi connectivity index (χ2n) is 2.25. The fourth-order valence-corrected chi connectivity index (χ4v) is 0.905. The number of rotatable bonds is 2. The van der Waals surface area contributed by atoms with Gasteiger partial charge in [-0.1, -0.05) is 0 Å². The van der Waals surface area contributed by atoms with Crippen LogP contribution in [0, 0.1) is 6.92 Å². The topological polar surface area (TPSA) is 48.1 Å². The van der Waals surface area contributed by atoms with Crippen molar-refractivity contribution >= 4 is 18.1 Å². The fourth-order valence-electron chi connectivity index (χ4n) is 0.905. The molecule has 0 aliphatic carbocycles. The van der Waals surface area contributed by atoms with E-state index in [0.717, 1.165) is 5.69 Å². The average molecular weight is 189 g/mol. The molecule has 0 radical (unpaired) electrons. The minimum atomic E-state index is 0. The molecule has 0 fully saturated rings. The lowest BCUT2D eigenvalue weighted by Crippen LogP contribution is -1.99. The predicted octanol–water partition coefficient (Wildman–Crippen LogP) is 1.79. The van der Waals surface area contributed by atoms with Crippen molar-refractivity contribution in [3.8, 4) is 5.75 Å². The molecule has 12 heavy (non-hydrogen) atoms. The zero-order valence-electron chi connectivity index (χ0n) is 7.20. The first-order valence-electron chi connectivity index (χ1n) is 3.59. The van der Waals surface area contributed by atoms with E-state index in [1.807, 2.05) is 13.8 Å². The highest BCUT2D eigenvalue weighted by Gasteiger charge is 2.02.